The van der Waals surface area contributed by atoms with Gasteiger partial charge in [-0.1, -0.05) is 12.1 Å². The molecule has 0 aliphatic rings. The summed E-state index contributed by atoms with van der Waals surface area (Å²) in [5.41, 5.74) is -0.446. The van der Waals surface area contributed by atoms with Crippen molar-refractivity contribution in [2.24, 2.45) is 0 Å². The minimum atomic E-state index is -4.56. The van der Waals surface area contributed by atoms with Gasteiger partial charge in [-0.15, -0.1) is 0 Å². The summed E-state index contributed by atoms with van der Waals surface area (Å²) < 4.78 is 44.3. The van der Waals surface area contributed by atoms with Crippen molar-refractivity contribution < 1.29 is 27.8 Å². The first kappa shape index (κ1) is 15.9. The maximum Gasteiger partial charge on any atom is 0.417 e. The maximum atomic E-state index is 13.2. The van der Waals surface area contributed by atoms with E-state index in [0.29, 0.717) is 0 Å². The highest BCUT2D eigenvalue weighted by molar-refractivity contribution is 5.94. The molecule has 2 rings (SSSR count). The zero-order chi connectivity index (χ0) is 16.5. The van der Waals surface area contributed by atoms with E-state index in [1.54, 1.807) is 0 Å². The van der Waals surface area contributed by atoms with Crippen molar-refractivity contribution in [3.63, 3.8) is 0 Å². The second-order valence-corrected chi connectivity index (χ2v) is 4.70. The maximum absolute atomic E-state index is 13.2. The van der Waals surface area contributed by atoms with Crippen molar-refractivity contribution in [3.8, 4) is 16.9 Å². The molecular formula is C16H13F3O3. The van der Waals surface area contributed by atoms with Gasteiger partial charge in [-0.25, -0.2) is 4.79 Å². The Morgan fingerprint density at radius 3 is 2.18 bits per heavy atom. The van der Waals surface area contributed by atoms with Crippen LogP contribution in [0.25, 0.3) is 11.1 Å². The van der Waals surface area contributed by atoms with E-state index in [4.69, 9.17) is 0 Å². The molecular weight excluding hydrogens is 297 g/mol. The lowest BCUT2D eigenvalue weighted by molar-refractivity contribution is -0.137. The highest BCUT2D eigenvalue weighted by Crippen LogP contribution is 2.40. The molecule has 0 unspecified atom stereocenters. The molecule has 0 atom stereocenters. The predicted octanol–water partition coefficient (Wildman–Crippen LogP) is 4.17. The van der Waals surface area contributed by atoms with E-state index in [9.17, 15) is 23.1 Å². The lowest BCUT2D eigenvalue weighted by atomic mass is 9.91. The normalized spacial score (nSPS) is 11.3. The third-order valence-electron chi connectivity index (χ3n) is 3.33. The molecule has 2 aromatic carbocycles. The number of phenolic OH excluding ortho intramolecular Hbond substituents is 1. The van der Waals surface area contributed by atoms with Crippen molar-refractivity contribution in [1.82, 2.24) is 0 Å². The van der Waals surface area contributed by atoms with Crippen molar-refractivity contribution in [2.75, 3.05) is 7.11 Å². The lowest BCUT2D eigenvalue weighted by Gasteiger charge is -2.18. The number of ether oxygens (including phenoxy) is 1. The smallest absolute Gasteiger partial charge is 0.417 e. The Kier molecular flexibility index (Phi) is 4.12. The Labute approximate surface area is 125 Å². The van der Waals surface area contributed by atoms with Crippen molar-refractivity contribution >= 4 is 5.97 Å². The van der Waals surface area contributed by atoms with Gasteiger partial charge in [-0.05, 0) is 47.9 Å². The van der Waals surface area contributed by atoms with E-state index < -0.39 is 17.7 Å². The van der Waals surface area contributed by atoms with E-state index in [2.05, 4.69) is 4.74 Å². The molecule has 0 heterocycles. The van der Waals surface area contributed by atoms with Crippen LogP contribution in [-0.2, 0) is 10.9 Å². The Morgan fingerprint density at radius 1 is 1.09 bits per heavy atom. The van der Waals surface area contributed by atoms with Crippen LogP contribution in [0.15, 0.2) is 36.4 Å². The van der Waals surface area contributed by atoms with Crippen LogP contribution in [-0.4, -0.2) is 18.2 Å². The SMILES string of the molecule is COC(=O)c1ccc(C(F)(F)F)c(-c2ccc(O)cc2)c1C. The third-order valence-corrected chi connectivity index (χ3v) is 3.33. The van der Waals surface area contributed by atoms with Crippen LogP contribution in [0.1, 0.15) is 21.5 Å². The van der Waals surface area contributed by atoms with Gasteiger partial charge in [0.2, 0.25) is 0 Å². The van der Waals surface area contributed by atoms with Crippen molar-refractivity contribution in [3.05, 3.63) is 53.1 Å². The Morgan fingerprint density at radius 2 is 1.68 bits per heavy atom. The summed E-state index contributed by atoms with van der Waals surface area (Å²) in [6.45, 7) is 1.43. The summed E-state index contributed by atoms with van der Waals surface area (Å²) in [7, 11) is 1.17. The van der Waals surface area contributed by atoms with E-state index in [1.165, 1.54) is 38.3 Å². The van der Waals surface area contributed by atoms with E-state index in [0.717, 1.165) is 12.1 Å². The number of halogens is 3. The summed E-state index contributed by atoms with van der Waals surface area (Å²) in [6.07, 6.45) is -4.56. The van der Waals surface area contributed by atoms with Gasteiger partial charge in [-0.2, -0.15) is 13.2 Å². The van der Waals surface area contributed by atoms with Gasteiger partial charge in [0, 0.05) is 0 Å². The molecule has 0 spiro atoms. The number of esters is 1. The molecule has 0 bridgehead atoms. The minimum absolute atomic E-state index is 0.0564. The van der Waals surface area contributed by atoms with Gasteiger partial charge in [-0.3, -0.25) is 0 Å². The van der Waals surface area contributed by atoms with Crippen molar-refractivity contribution in [2.45, 2.75) is 13.1 Å². The number of aromatic hydroxyl groups is 1. The topological polar surface area (TPSA) is 46.5 Å². The number of methoxy groups -OCH3 is 1. The molecule has 0 saturated carbocycles. The largest absolute Gasteiger partial charge is 0.508 e. The molecule has 0 saturated heterocycles. The fourth-order valence-electron chi connectivity index (χ4n) is 2.28. The number of alkyl halides is 3. The monoisotopic (exact) mass is 310 g/mol. The van der Waals surface area contributed by atoms with Gasteiger partial charge in [0.1, 0.15) is 5.75 Å². The Balaban J connectivity index is 2.76. The number of phenols is 1. The van der Waals surface area contributed by atoms with Gasteiger partial charge in [0.25, 0.3) is 0 Å². The first-order valence-corrected chi connectivity index (χ1v) is 6.34. The molecule has 1 N–H and O–H groups in total. The van der Waals surface area contributed by atoms with Gasteiger partial charge >= 0.3 is 12.1 Å². The zero-order valence-corrected chi connectivity index (χ0v) is 11.9. The minimum Gasteiger partial charge on any atom is -0.508 e. The second kappa shape index (κ2) is 5.71. The highest BCUT2D eigenvalue weighted by Gasteiger charge is 2.35. The van der Waals surface area contributed by atoms with Crippen LogP contribution >= 0.6 is 0 Å². The molecule has 116 valence electrons. The van der Waals surface area contributed by atoms with E-state index >= 15 is 0 Å². The molecule has 2 aromatic rings. The lowest BCUT2D eigenvalue weighted by Crippen LogP contribution is -2.12. The van der Waals surface area contributed by atoms with Crippen LogP contribution < -0.4 is 0 Å². The number of carbonyl (C=O) groups is 1. The predicted molar refractivity (Wildman–Crippen MR) is 74.6 cm³/mol. The molecule has 3 nitrogen and oxygen atoms in total. The van der Waals surface area contributed by atoms with Crippen LogP contribution in [0.5, 0.6) is 5.75 Å². The quantitative estimate of drug-likeness (QED) is 0.847. The van der Waals surface area contributed by atoms with Crippen molar-refractivity contribution in [1.29, 1.82) is 0 Å². The summed E-state index contributed by atoms with van der Waals surface area (Å²) in [4.78, 5) is 11.7. The fraction of sp³-hybridized carbons (Fsp3) is 0.188. The summed E-state index contributed by atoms with van der Waals surface area (Å²) in [5.74, 6) is -0.759. The van der Waals surface area contributed by atoms with Crippen LogP contribution in [0.2, 0.25) is 0 Å². The molecule has 0 aliphatic carbocycles. The standard InChI is InChI=1S/C16H13F3O3/c1-9-12(15(21)22-2)7-8-13(16(17,18)19)14(9)10-3-5-11(20)6-4-10/h3-8,20H,1-2H3. The van der Waals surface area contributed by atoms with E-state index in [1.807, 2.05) is 0 Å². The average molecular weight is 310 g/mol. The Hall–Kier alpha value is -2.50. The summed E-state index contributed by atoms with van der Waals surface area (Å²) >= 11 is 0. The number of hydrogen-bond acceptors (Lipinski definition) is 3. The zero-order valence-electron chi connectivity index (χ0n) is 11.9. The Bertz CT molecular complexity index is 704. The molecule has 0 radical (unpaired) electrons. The molecule has 6 heteroatoms. The average Bonchev–Trinajstić information content (AvgIpc) is 2.46. The molecule has 0 aromatic heterocycles. The van der Waals surface area contributed by atoms with E-state index in [-0.39, 0.29) is 28.0 Å². The molecule has 0 amide bonds. The molecule has 0 fully saturated rings. The van der Waals surface area contributed by atoms with Crippen LogP contribution in [0.3, 0.4) is 0 Å². The molecule has 22 heavy (non-hydrogen) atoms. The van der Waals surface area contributed by atoms with Crippen LogP contribution in [0.4, 0.5) is 13.2 Å². The molecule has 0 aliphatic heterocycles. The number of rotatable bonds is 2. The number of hydrogen-bond donors (Lipinski definition) is 1. The first-order valence-electron chi connectivity index (χ1n) is 6.34. The van der Waals surface area contributed by atoms with Gasteiger partial charge in [0.15, 0.2) is 0 Å². The van der Waals surface area contributed by atoms with Crippen LogP contribution in [0, 0.1) is 6.92 Å². The number of carbonyl (C=O) groups excluding carboxylic acids is 1. The van der Waals surface area contributed by atoms with Gasteiger partial charge in [0.05, 0.1) is 18.2 Å². The third kappa shape index (κ3) is 2.90. The first-order chi connectivity index (χ1) is 10.3. The van der Waals surface area contributed by atoms with Gasteiger partial charge < -0.3 is 9.84 Å². The highest BCUT2D eigenvalue weighted by atomic mass is 19.4. The summed E-state index contributed by atoms with van der Waals surface area (Å²) in [6, 6.07) is 7.29. The number of benzene rings is 2. The second-order valence-electron chi connectivity index (χ2n) is 4.70. The summed E-state index contributed by atoms with van der Waals surface area (Å²) in [5, 5.41) is 9.29. The fourth-order valence-corrected chi connectivity index (χ4v) is 2.28.